The Morgan fingerprint density at radius 3 is 3.08 bits per heavy atom. The van der Waals surface area contributed by atoms with Crippen LogP contribution in [-0.4, -0.2) is 34.9 Å². The maximum Gasteiger partial charge on any atom is 0.258 e. The van der Waals surface area contributed by atoms with Crippen LogP contribution in [0.25, 0.3) is 0 Å². The van der Waals surface area contributed by atoms with Crippen LogP contribution in [0.15, 0.2) is 30.5 Å². The molecule has 0 aliphatic carbocycles. The van der Waals surface area contributed by atoms with Gasteiger partial charge >= 0.3 is 0 Å². The Morgan fingerprint density at radius 2 is 2.33 bits per heavy atom. The van der Waals surface area contributed by atoms with Gasteiger partial charge in [0.25, 0.3) is 5.91 Å². The van der Waals surface area contributed by atoms with E-state index in [9.17, 15) is 9.18 Å². The van der Waals surface area contributed by atoms with Gasteiger partial charge in [-0.05, 0) is 37.1 Å². The second kappa shape index (κ2) is 7.00. The molecular weight excluding hydrogens is 313 g/mol. The van der Waals surface area contributed by atoms with Crippen molar-refractivity contribution in [2.45, 2.75) is 25.5 Å². The van der Waals surface area contributed by atoms with Crippen molar-refractivity contribution in [1.29, 1.82) is 0 Å². The fourth-order valence-corrected chi connectivity index (χ4v) is 2.81. The van der Waals surface area contributed by atoms with Gasteiger partial charge in [-0.3, -0.25) is 9.48 Å². The summed E-state index contributed by atoms with van der Waals surface area (Å²) in [6.07, 6.45) is 2.16. The number of aryl methyl sites for hydroxylation is 2. The van der Waals surface area contributed by atoms with E-state index >= 15 is 0 Å². The molecule has 1 amide bonds. The summed E-state index contributed by atoms with van der Waals surface area (Å²) in [4.78, 5) is 12.1. The zero-order chi connectivity index (χ0) is 17.1. The molecule has 2 atom stereocenters. The summed E-state index contributed by atoms with van der Waals surface area (Å²) in [5.41, 5.74) is 1.77. The molecule has 1 aromatic heterocycles. The second-order valence-corrected chi connectivity index (χ2v) is 5.86. The van der Waals surface area contributed by atoms with Crippen molar-refractivity contribution >= 4 is 5.91 Å². The van der Waals surface area contributed by atoms with E-state index in [2.05, 4.69) is 10.4 Å². The summed E-state index contributed by atoms with van der Waals surface area (Å²) in [5, 5.41) is 7.02. The Bertz CT molecular complexity index is 732. The number of carbonyl (C=O) groups is 1. The fraction of sp³-hybridized carbons (Fsp3) is 0.412. The highest BCUT2D eigenvalue weighted by molar-refractivity contribution is 5.78. The normalized spacial score (nSPS) is 20.1. The topological polar surface area (TPSA) is 65.4 Å². The summed E-state index contributed by atoms with van der Waals surface area (Å²) < 4.78 is 26.4. The lowest BCUT2D eigenvalue weighted by atomic mass is 10.1. The summed E-state index contributed by atoms with van der Waals surface area (Å²) in [5.74, 6) is -0.708. The number of halogens is 1. The van der Waals surface area contributed by atoms with Crippen molar-refractivity contribution in [2.75, 3.05) is 13.2 Å². The van der Waals surface area contributed by atoms with Crippen LogP contribution in [0.5, 0.6) is 5.75 Å². The molecule has 0 spiro atoms. The number of ether oxygens (including phenoxy) is 2. The number of rotatable bonds is 5. The number of benzene rings is 1. The zero-order valence-corrected chi connectivity index (χ0v) is 13.7. The quantitative estimate of drug-likeness (QED) is 0.907. The van der Waals surface area contributed by atoms with E-state index < -0.39 is 5.82 Å². The first-order valence-corrected chi connectivity index (χ1v) is 7.82. The van der Waals surface area contributed by atoms with Crippen LogP contribution < -0.4 is 10.1 Å². The third-order valence-corrected chi connectivity index (χ3v) is 4.03. The summed E-state index contributed by atoms with van der Waals surface area (Å²) in [7, 11) is 1.83. The molecule has 1 N–H and O–H groups in total. The average Bonchev–Trinajstić information content (AvgIpc) is 3.16. The smallest absolute Gasteiger partial charge is 0.258 e. The SMILES string of the molecule is Cc1ccc(F)c(OCC(=O)N[C@H]2CCO[C@@H]2c2ccnn2C)c1. The molecule has 1 aliphatic heterocycles. The monoisotopic (exact) mass is 333 g/mol. The standard InChI is InChI=1S/C17H20FN3O3/c1-11-3-4-12(18)15(9-11)24-10-16(22)20-13-6-8-23-17(13)14-5-7-19-21(14)2/h3-5,7,9,13,17H,6,8,10H2,1-2H3,(H,20,22)/t13-,17-/m0/s1. The van der Waals surface area contributed by atoms with Crippen LogP contribution in [-0.2, 0) is 16.6 Å². The molecule has 1 aromatic carbocycles. The molecule has 1 aliphatic rings. The van der Waals surface area contributed by atoms with Crippen LogP contribution in [0.4, 0.5) is 4.39 Å². The van der Waals surface area contributed by atoms with Gasteiger partial charge in [0.15, 0.2) is 18.2 Å². The molecule has 7 heteroatoms. The molecule has 0 saturated carbocycles. The van der Waals surface area contributed by atoms with Gasteiger partial charge in [0.1, 0.15) is 6.10 Å². The van der Waals surface area contributed by atoms with E-state index in [1.807, 2.05) is 20.0 Å². The van der Waals surface area contributed by atoms with Gasteiger partial charge in [-0.15, -0.1) is 0 Å². The van der Waals surface area contributed by atoms with Crippen molar-refractivity contribution < 1.29 is 18.7 Å². The lowest BCUT2D eigenvalue weighted by Gasteiger charge is -2.20. The first-order chi connectivity index (χ1) is 11.5. The Balaban J connectivity index is 1.58. The predicted octanol–water partition coefficient (Wildman–Crippen LogP) is 1.89. The van der Waals surface area contributed by atoms with Gasteiger partial charge < -0.3 is 14.8 Å². The molecule has 1 saturated heterocycles. The lowest BCUT2D eigenvalue weighted by Crippen LogP contribution is -2.40. The van der Waals surface area contributed by atoms with Crippen molar-refractivity contribution in [3.05, 3.63) is 47.5 Å². The summed E-state index contributed by atoms with van der Waals surface area (Å²) >= 11 is 0. The Labute approximate surface area is 139 Å². The van der Waals surface area contributed by atoms with E-state index in [-0.39, 0.29) is 30.4 Å². The van der Waals surface area contributed by atoms with Gasteiger partial charge in [-0.1, -0.05) is 6.07 Å². The largest absolute Gasteiger partial charge is 0.481 e. The molecule has 0 radical (unpaired) electrons. The number of hydrogen-bond donors (Lipinski definition) is 1. The highest BCUT2D eigenvalue weighted by Gasteiger charge is 2.32. The number of amides is 1. The van der Waals surface area contributed by atoms with Crippen molar-refractivity contribution in [3.63, 3.8) is 0 Å². The first-order valence-electron chi connectivity index (χ1n) is 7.82. The molecule has 0 bridgehead atoms. The maximum atomic E-state index is 13.6. The third-order valence-electron chi connectivity index (χ3n) is 4.03. The van der Waals surface area contributed by atoms with E-state index in [0.717, 1.165) is 11.3 Å². The van der Waals surface area contributed by atoms with Crippen LogP contribution in [0.2, 0.25) is 0 Å². The van der Waals surface area contributed by atoms with Gasteiger partial charge in [0.2, 0.25) is 0 Å². The minimum Gasteiger partial charge on any atom is -0.481 e. The molecule has 3 rings (SSSR count). The number of aromatic nitrogens is 2. The van der Waals surface area contributed by atoms with Crippen LogP contribution in [0.1, 0.15) is 23.8 Å². The van der Waals surface area contributed by atoms with Crippen molar-refractivity contribution in [3.8, 4) is 5.75 Å². The van der Waals surface area contributed by atoms with Crippen LogP contribution >= 0.6 is 0 Å². The predicted molar refractivity (Wildman–Crippen MR) is 85.1 cm³/mol. The lowest BCUT2D eigenvalue weighted by molar-refractivity contribution is -0.124. The molecule has 6 nitrogen and oxygen atoms in total. The summed E-state index contributed by atoms with van der Waals surface area (Å²) in [6, 6.07) is 6.26. The Morgan fingerprint density at radius 1 is 1.50 bits per heavy atom. The Hall–Kier alpha value is -2.41. The number of hydrogen-bond acceptors (Lipinski definition) is 4. The first kappa shape index (κ1) is 16.4. The molecule has 24 heavy (non-hydrogen) atoms. The highest BCUT2D eigenvalue weighted by Crippen LogP contribution is 2.28. The molecule has 2 heterocycles. The number of nitrogens with one attached hydrogen (secondary N) is 1. The number of carbonyl (C=O) groups excluding carboxylic acids is 1. The van der Waals surface area contributed by atoms with Crippen molar-refractivity contribution in [1.82, 2.24) is 15.1 Å². The minimum atomic E-state index is -0.481. The molecular formula is C17H20FN3O3. The summed E-state index contributed by atoms with van der Waals surface area (Å²) in [6.45, 7) is 2.16. The van der Waals surface area contributed by atoms with Crippen LogP contribution in [0.3, 0.4) is 0 Å². The Kier molecular flexibility index (Phi) is 4.80. The maximum absolute atomic E-state index is 13.6. The van der Waals surface area contributed by atoms with Crippen LogP contribution in [0, 0.1) is 12.7 Å². The number of nitrogens with zero attached hydrogens (tertiary/aromatic N) is 2. The molecule has 1 fully saturated rings. The van der Waals surface area contributed by atoms with Gasteiger partial charge in [0.05, 0.1) is 11.7 Å². The van der Waals surface area contributed by atoms with E-state index in [0.29, 0.717) is 13.0 Å². The minimum absolute atomic E-state index is 0.0796. The fourth-order valence-electron chi connectivity index (χ4n) is 2.81. The molecule has 2 aromatic rings. The van der Waals surface area contributed by atoms with E-state index in [1.54, 1.807) is 23.0 Å². The zero-order valence-electron chi connectivity index (χ0n) is 13.7. The van der Waals surface area contributed by atoms with Gasteiger partial charge in [-0.2, -0.15) is 5.10 Å². The van der Waals surface area contributed by atoms with E-state index in [1.165, 1.54) is 6.07 Å². The third kappa shape index (κ3) is 3.56. The molecule has 128 valence electrons. The van der Waals surface area contributed by atoms with Gasteiger partial charge in [-0.25, -0.2) is 4.39 Å². The van der Waals surface area contributed by atoms with E-state index in [4.69, 9.17) is 9.47 Å². The van der Waals surface area contributed by atoms with Gasteiger partial charge in [0, 0.05) is 19.9 Å². The molecule has 0 unspecified atom stereocenters. The van der Waals surface area contributed by atoms with Crippen molar-refractivity contribution in [2.24, 2.45) is 7.05 Å². The second-order valence-electron chi connectivity index (χ2n) is 5.86. The highest BCUT2D eigenvalue weighted by atomic mass is 19.1. The average molecular weight is 333 g/mol.